The summed E-state index contributed by atoms with van der Waals surface area (Å²) in [4.78, 5) is 28.8. The number of imidazole rings is 1. The quantitative estimate of drug-likeness (QED) is 0.570. The molecular weight excluding hydrogens is 308 g/mol. The molecule has 1 aromatic carbocycles. The molecule has 2 heterocycles. The van der Waals surface area contributed by atoms with Crippen molar-refractivity contribution in [1.29, 1.82) is 0 Å². The molecule has 0 atom stereocenters. The lowest BCUT2D eigenvalue weighted by Crippen LogP contribution is -2.37. The maximum atomic E-state index is 12.4. The third-order valence-electron chi connectivity index (χ3n) is 3.84. The van der Waals surface area contributed by atoms with Gasteiger partial charge in [0.1, 0.15) is 0 Å². The van der Waals surface area contributed by atoms with Crippen LogP contribution in [0.4, 0.5) is 5.95 Å². The molecule has 24 heavy (non-hydrogen) atoms. The molecule has 0 fully saturated rings. The van der Waals surface area contributed by atoms with Crippen LogP contribution in [0.2, 0.25) is 0 Å². The highest BCUT2D eigenvalue weighted by atomic mass is 16.2. The number of nitrogens with zero attached hydrogens (tertiary/aromatic N) is 5. The van der Waals surface area contributed by atoms with E-state index in [-0.39, 0.29) is 5.56 Å². The molecule has 0 amide bonds. The Morgan fingerprint density at radius 3 is 2.54 bits per heavy atom. The molecule has 3 rings (SSSR count). The lowest BCUT2D eigenvalue weighted by molar-refractivity contribution is 0.700. The summed E-state index contributed by atoms with van der Waals surface area (Å²) >= 11 is 0. The van der Waals surface area contributed by atoms with Crippen molar-refractivity contribution in [2.45, 2.75) is 13.5 Å². The molecule has 3 aromatic rings. The summed E-state index contributed by atoms with van der Waals surface area (Å²) in [6.45, 7) is 2.42. The second kappa shape index (κ2) is 6.15. The third kappa shape index (κ3) is 2.51. The number of rotatable bonds is 4. The second-order valence-corrected chi connectivity index (χ2v) is 5.34. The summed E-state index contributed by atoms with van der Waals surface area (Å²) in [5.74, 6) is 0.415. The zero-order valence-corrected chi connectivity index (χ0v) is 13.7. The fraction of sp³-hybridized carbons (Fsp3) is 0.250. The Morgan fingerprint density at radius 2 is 1.88 bits per heavy atom. The smallest absolute Gasteiger partial charge is 0.303 e. The summed E-state index contributed by atoms with van der Waals surface area (Å²) in [5.41, 5.74) is 3.72. The summed E-state index contributed by atoms with van der Waals surface area (Å²) in [5, 5.41) is 4.17. The van der Waals surface area contributed by atoms with Crippen molar-refractivity contribution < 1.29 is 0 Å². The molecular formula is C16H18N6O2. The maximum Gasteiger partial charge on any atom is 0.332 e. The second-order valence-electron chi connectivity index (χ2n) is 5.34. The van der Waals surface area contributed by atoms with Gasteiger partial charge in [-0.05, 0) is 12.5 Å². The van der Waals surface area contributed by atoms with Crippen LogP contribution < -0.4 is 16.7 Å². The van der Waals surface area contributed by atoms with Gasteiger partial charge < -0.3 is 4.57 Å². The Labute approximate surface area is 137 Å². The number of aromatic nitrogens is 4. The molecule has 0 radical (unpaired) electrons. The first-order chi connectivity index (χ1) is 11.5. The summed E-state index contributed by atoms with van der Waals surface area (Å²) in [6, 6.07) is 9.61. The van der Waals surface area contributed by atoms with Gasteiger partial charge in [-0.3, -0.25) is 13.9 Å². The van der Waals surface area contributed by atoms with Crippen LogP contribution in [0.5, 0.6) is 0 Å². The van der Waals surface area contributed by atoms with E-state index in [0.29, 0.717) is 23.7 Å². The van der Waals surface area contributed by atoms with Crippen molar-refractivity contribution in [1.82, 2.24) is 18.7 Å². The first kappa shape index (κ1) is 15.7. The van der Waals surface area contributed by atoms with Crippen LogP contribution in [0.1, 0.15) is 12.5 Å². The van der Waals surface area contributed by atoms with Gasteiger partial charge in [0.25, 0.3) is 5.56 Å². The number of fused-ring (bicyclic) bond motifs is 1. The fourth-order valence-corrected chi connectivity index (χ4v) is 2.54. The Balaban J connectivity index is 2.08. The highest BCUT2D eigenvalue weighted by Gasteiger charge is 2.17. The van der Waals surface area contributed by atoms with E-state index >= 15 is 0 Å². The predicted molar refractivity (Wildman–Crippen MR) is 93.5 cm³/mol. The number of aryl methyl sites for hydroxylation is 2. The van der Waals surface area contributed by atoms with Crippen molar-refractivity contribution >= 4 is 23.3 Å². The monoisotopic (exact) mass is 326 g/mol. The average Bonchev–Trinajstić information content (AvgIpc) is 2.97. The van der Waals surface area contributed by atoms with Gasteiger partial charge in [-0.15, -0.1) is 0 Å². The van der Waals surface area contributed by atoms with Gasteiger partial charge in [0.05, 0.1) is 6.21 Å². The molecule has 8 heteroatoms. The van der Waals surface area contributed by atoms with E-state index in [9.17, 15) is 9.59 Å². The average molecular weight is 326 g/mol. The highest BCUT2D eigenvalue weighted by molar-refractivity contribution is 5.80. The molecule has 8 nitrogen and oxygen atoms in total. The Bertz CT molecular complexity index is 1030. The normalized spacial score (nSPS) is 11.5. The van der Waals surface area contributed by atoms with Crippen LogP contribution in [-0.4, -0.2) is 24.9 Å². The Morgan fingerprint density at radius 1 is 1.17 bits per heavy atom. The lowest BCUT2D eigenvalue weighted by Gasteiger charge is -2.05. The summed E-state index contributed by atoms with van der Waals surface area (Å²) in [6.07, 6.45) is 1.66. The Hall–Kier alpha value is -3.16. The number of nitrogens with one attached hydrogen (secondary N) is 1. The topological polar surface area (TPSA) is 86.2 Å². The minimum Gasteiger partial charge on any atom is -0.303 e. The van der Waals surface area contributed by atoms with Gasteiger partial charge in [0.2, 0.25) is 5.95 Å². The van der Waals surface area contributed by atoms with Crippen molar-refractivity contribution in [2.24, 2.45) is 19.2 Å². The fourth-order valence-electron chi connectivity index (χ4n) is 2.54. The lowest BCUT2D eigenvalue weighted by atomic mass is 10.2. The number of benzene rings is 1. The van der Waals surface area contributed by atoms with Gasteiger partial charge >= 0.3 is 5.69 Å². The molecule has 124 valence electrons. The van der Waals surface area contributed by atoms with Gasteiger partial charge in [0.15, 0.2) is 11.2 Å². The minimum absolute atomic E-state index is 0.336. The Kier molecular flexibility index (Phi) is 4.03. The molecule has 0 aliphatic carbocycles. The molecule has 0 spiro atoms. The van der Waals surface area contributed by atoms with E-state index in [4.69, 9.17) is 0 Å². The minimum atomic E-state index is -0.410. The van der Waals surface area contributed by atoms with Gasteiger partial charge in [-0.1, -0.05) is 30.3 Å². The van der Waals surface area contributed by atoms with Gasteiger partial charge in [-0.25, -0.2) is 10.2 Å². The van der Waals surface area contributed by atoms with E-state index in [1.54, 1.807) is 17.8 Å². The van der Waals surface area contributed by atoms with Crippen LogP contribution in [0.25, 0.3) is 11.2 Å². The van der Waals surface area contributed by atoms with Crippen LogP contribution in [-0.2, 0) is 20.6 Å². The van der Waals surface area contributed by atoms with Crippen molar-refractivity contribution in [3.63, 3.8) is 0 Å². The maximum absolute atomic E-state index is 12.4. The first-order valence-corrected chi connectivity index (χ1v) is 7.55. The van der Waals surface area contributed by atoms with E-state index in [2.05, 4.69) is 15.5 Å². The molecule has 0 bridgehead atoms. The van der Waals surface area contributed by atoms with Crippen LogP contribution >= 0.6 is 0 Å². The molecule has 0 saturated carbocycles. The summed E-state index contributed by atoms with van der Waals surface area (Å²) in [7, 11) is 3.05. The molecule has 0 unspecified atom stereocenters. The standard InChI is InChI=1S/C16H18N6O2/c1-4-22-12-13(20(2)16(24)21(3)14(12)23)18-15(22)19-17-10-11-8-6-5-7-9-11/h5-10H,4H2,1-3H3,(H,18,19)/b17-10-. The molecule has 0 saturated heterocycles. The zero-order valence-electron chi connectivity index (χ0n) is 13.7. The van der Waals surface area contributed by atoms with E-state index < -0.39 is 5.69 Å². The van der Waals surface area contributed by atoms with Crippen LogP contribution in [0.15, 0.2) is 45.0 Å². The van der Waals surface area contributed by atoms with Crippen LogP contribution in [0, 0.1) is 0 Å². The number of hydrogen-bond acceptors (Lipinski definition) is 5. The number of hydrazone groups is 1. The van der Waals surface area contributed by atoms with E-state index in [0.717, 1.165) is 10.1 Å². The molecule has 0 aliphatic rings. The van der Waals surface area contributed by atoms with Gasteiger partial charge in [-0.2, -0.15) is 10.1 Å². The van der Waals surface area contributed by atoms with Crippen molar-refractivity contribution in [3.05, 3.63) is 56.7 Å². The largest absolute Gasteiger partial charge is 0.332 e. The zero-order chi connectivity index (χ0) is 17.3. The van der Waals surface area contributed by atoms with Crippen molar-refractivity contribution in [3.8, 4) is 0 Å². The van der Waals surface area contributed by atoms with Crippen LogP contribution in [0.3, 0.4) is 0 Å². The molecule has 0 aliphatic heterocycles. The predicted octanol–water partition coefficient (Wildman–Crippen LogP) is 0.900. The van der Waals surface area contributed by atoms with E-state index in [1.165, 1.54) is 11.6 Å². The number of anilines is 1. The molecule has 1 N–H and O–H groups in total. The molecule has 2 aromatic heterocycles. The van der Waals surface area contributed by atoms with Gasteiger partial charge in [0, 0.05) is 20.6 Å². The first-order valence-electron chi connectivity index (χ1n) is 7.55. The number of hydrogen-bond donors (Lipinski definition) is 1. The third-order valence-corrected chi connectivity index (χ3v) is 3.84. The van der Waals surface area contributed by atoms with E-state index in [1.807, 2.05) is 37.3 Å². The van der Waals surface area contributed by atoms with Crippen molar-refractivity contribution in [2.75, 3.05) is 5.43 Å². The highest BCUT2D eigenvalue weighted by Crippen LogP contribution is 2.15. The summed E-state index contributed by atoms with van der Waals surface area (Å²) < 4.78 is 4.14. The SMILES string of the molecule is CCn1c(N/N=C\c2ccccc2)nc2c1c(=O)n(C)c(=O)n2C.